The Kier molecular flexibility index (Phi) is 5.91. The van der Waals surface area contributed by atoms with Gasteiger partial charge < -0.3 is 10.1 Å². The van der Waals surface area contributed by atoms with Crippen LogP contribution in [0.25, 0.3) is 0 Å². The molecule has 1 aromatic carbocycles. The first-order valence-electron chi connectivity index (χ1n) is 9.39. The maximum absolute atomic E-state index is 12.5. The second-order valence-electron chi connectivity index (χ2n) is 7.17. The highest BCUT2D eigenvalue weighted by atomic mass is 16.5. The van der Waals surface area contributed by atoms with Gasteiger partial charge in [-0.3, -0.25) is 24.1 Å². The molecule has 0 radical (unpaired) electrons. The lowest BCUT2D eigenvalue weighted by Gasteiger charge is -2.21. The van der Waals surface area contributed by atoms with Crippen molar-refractivity contribution in [3.05, 3.63) is 42.0 Å². The summed E-state index contributed by atoms with van der Waals surface area (Å²) < 4.78 is 5.00. The quantitative estimate of drug-likeness (QED) is 0.338. The number of rotatable bonds is 6. The third-order valence-electron chi connectivity index (χ3n) is 5.19. The van der Waals surface area contributed by atoms with Gasteiger partial charge in [0.15, 0.2) is 12.4 Å². The Morgan fingerprint density at radius 1 is 1.07 bits per heavy atom. The monoisotopic (exact) mass is 398 g/mol. The molecule has 1 aliphatic carbocycles. The van der Waals surface area contributed by atoms with E-state index in [1.54, 1.807) is 24.3 Å². The molecular weight excluding hydrogens is 376 g/mol. The number of likely N-dealkylation sites (tertiary alicyclic amines) is 1. The summed E-state index contributed by atoms with van der Waals surface area (Å²) in [6.07, 6.45) is 4.70. The second-order valence-corrected chi connectivity index (χ2v) is 7.17. The molecule has 1 saturated heterocycles. The molecule has 29 heavy (non-hydrogen) atoms. The molecule has 152 valence electrons. The van der Waals surface area contributed by atoms with Gasteiger partial charge in [-0.2, -0.15) is 0 Å². The fourth-order valence-corrected chi connectivity index (χ4v) is 3.56. The Labute approximate surface area is 167 Å². The molecule has 1 N–H and O–H groups in total. The molecule has 0 saturated carbocycles. The zero-order valence-electron chi connectivity index (χ0n) is 16.2. The number of allylic oxidation sites excluding steroid dienone is 2. The van der Waals surface area contributed by atoms with E-state index < -0.39 is 36.4 Å². The van der Waals surface area contributed by atoms with E-state index in [0.717, 1.165) is 4.90 Å². The van der Waals surface area contributed by atoms with E-state index >= 15 is 0 Å². The van der Waals surface area contributed by atoms with E-state index in [0.29, 0.717) is 24.1 Å². The van der Waals surface area contributed by atoms with E-state index in [4.69, 9.17) is 4.74 Å². The van der Waals surface area contributed by atoms with E-state index in [1.165, 1.54) is 13.8 Å². The molecule has 8 heteroatoms. The predicted molar refractivity (Wildman–Crippen MR) is 103 cm³/mol. The van der Waals surface area contributed by atoms with Crippen molar-refractivity contribution in [2.75, 3.05) is 11.9 Å². The molecule has 1 fully saturated rings. The van der Waals surface area contributed by atoms with Crippen molar-refractivity contribution in [3.8, 4) is 0 Å². The molecule has 1 aliphatic heterocycles. The number of Topliss-reactive ketones (excluding diaryl/α,β-unsaturated/α-hetero) is 1. The number of hydrogen-bond donors (Lipinski definition) is 1. The highest BCUT2D eigenvalue weighted by Gasteiger charge is 2.50. The van der Waals surface area contributed by atoms with Crippen LogP contribution in [0.4, 0.5) is 5.69 Å². The SMILES string of the molecule is CC(=O)c1ccc(NC(=O)COC(=O)[C@H](C)N2C(=O)[C@@H]3CC=CC[C@H]3C2=O)cc1. The minimum atomic E-state index is -1.09. The first kappa shape index (κ1) is 20.4. The normalized spacial score (nSPS) is 21.5. The van der Waals surface area contributed by atoms with Crippen LogP contribution in [-0.2, 0) is 23.9 Å². The summed E-state index contributed by atoms with van der Waals surface area (Å²) in [5.74, 6) is -3.08. The number of amides is 3. The fraction of sp³-hybridized carbons (Fsp3) is 0.381. The van der Waals surface area contributed by atoms with Gasteiger partial charge in [0.1, 0.15) is 6.04 Å². The smallest absolute Gasteiger partial charge is 0.329 e. The van der Waals surface area contributed by atoms with Crippen molar-refractivity contribution in [1.82, 2.24) is 4.90 Å². The van der Waals surface area contributed by atoms with Crippen LogP contribution in [0.15, 0.2) is 36.4 Å². The molecule has 3 atom stereocenters. The maximum atomic E-state index is 12.5. The third kappa shape index (κ3) is 4.26. The Bertz CT molecular complexity index is 863. The number of ketones is 1. The molecule has 0 spiro atoms. The highest BCUT2D eigenvalue weighted by Crippen LogP contribution is 2.36. The first-order chi connectivity index (χ1) is 13.8. The number of ether oxygens (including phenoxy) is 1. The van der Waals surface area contributed by atoms with Gasteiger partial charge in [-0.15, -0.1) is 0 Å². The van der Waals surface area contributed by atoms with Crippen molar-refractivity contribution in [2.45, 2.75) is 32.7 Å². The molecular formula is C21H22N2O6. The van der Waals surface area contributed by atoms with Crippen molar-refractivity contribution in [3.63, 3.8) is 0 Å². The Morgan fingerprint density at radius 2 is 1.62 bits per heavy atom. The predicted octanol–water partition coefficient (Wildman–Crippen LogP) is 1.71. The zero-order chi connectivity index (χ0) is 21.1. The van der Waals surface area contributed by atoms with Crippen LogP contribution in [0.1, 0.15) is 37.0 Å². The average molecular weight is 398 g/mol. The van der Waals surface area contributed by atoms with E-state index in [-0.39, 0.29) is 17.6 Å². The molecule has 3 rings (SSSR count). The first-order valence-corrected chi connectivity index (χ1v) is 9.39. The van der Waals surface area contributed by atoms with Gasteiger partial charge in [-0.25, -0.2) is 4.79 Å². The van der Waals surface area contributed by atoms with E-state index in [1.807, 2.05) is 12.2 Å². The minimum absolute atomic E-state index is 0.0903. The molecule has 0 unspecified atom stereocenters. The summed E-state index contributed by atoms with van der Waals surface area (Å²) in [7, 11) is 0. The lowest BCUT2D eigenvalue weighted by atomic mass is 9.85. The van der Waals surface area contributed by atoms with Gasteiger partial charge in [0.05, 0.1) is 11.8 Å². The lowest BCUT2D eigenvalue weighted by Crippen LogP contribution is -2.45. The number of nitrogens with zero attached hydrogens (tertiary/aromatic N) is 1. The highest BCUT2D eigenvalue weighted by molar-refractivity contribution is 6.08. The number of hydrogen-bond acceptors (Lipinski definition) is 6. The summed E-state index contributed by atoms with van der Waals surface area (Å²) in [5.41, 5.74) is 0.963. The van der Waals surface area contributed by atoms with E-state index in [2.05, 4.69) is 5.32 Å². The van der Waals surface area contributed by atoms with Crippen LogP contribution in [0.2, 0.25) is 0 Å². The number of esters is 1. The van der Waals surface area contributed by atoms with Gasteiger partial charge in [0.25, 0.3) is 5.91 Å². The van der Waals surface area contributed by atoms with Crippen LogP contribution >= 0.6 is 0 Å². The molecule has 8 nitrogen and oxygen atoms in total. The van der Waals surface area contributed by atoms with Crippen molar-refractivity contribution in [2.24, 2.45) is 11.8 Å². The summed E-state index contributed by atoms with van der Waals surface area (Å²) in [6.45, 7) is 2.30. The maximum Gasteiger partial charge on any atom is 0.329 e. The zero-order valence-corrected chi connectivity index (χ0v) is 16.2. The molecule has 0 aromatic heterocycles. The number of fused-ring (bicyclic) bond motifs is 1. The molecule has 1 heterocycles. The third-order valence-corrected chi connectivity index (χ3v) is 5.19. The van der Waals surface area contributed by atoms with Crippen molar-refractivity contribution in [1.29, 1.82) is 0 Å². The fourth-order valence-electron chi connectivity index (χ4n) is 3.56. The van der Waals surface area contributed by atoms with Crippen LogP contribution in [0.5, 0.6) is 0 Å². The number of carbonyl (C=O) groups is 5. The summed E-state index contributed by atoms with van der Waals surface area (Å²) >= 11 is 0. The Balaban J connectivity index is 1.53. The molecule has 3 amide bonds. The van der Waals surface area contributed by atoms with Crippen LogP contribution in [0.3, 0.4) is 0 Å². The lowest BCUT2D eigenvalue weighted by molar-refractivity contribution is -0.159. The number of carbonyl (C=O) groups excluding carboxylic acids is 5. The molecule has 0 bridgehead atoms. The van der Waals surface area contributed by atoms with Crippen molar-refractivity contribution < 1.29 is 28.7 Å². The van der Waals surface area contributed by atoms with Gasteiger partial charge in [-0.1, -0.05) is 12.2 Å². The topological polar surface area (TPSA) is 110 Å². The largest absolute Gasteiger partial charge is 0.454 e. The van der Waals surface area contributed by atoms with Gasteiger partial charge in [-0.05, 0) is 51.0 Å². The van der Waals surface area contributed by atoms with Crippen LogP contribution < -0.4 is 5.32 Å². The summed E-state index contributed by atoms with van der Waals surface area (Å²) in [6, 6.07) is 5.19. The van der Waals surface area contributed by atoms with E-state index in [9.17, 15) is 24.0 Å². The van der Waals surface area contributed by atoms with Gasteiger partial charge in [0.2, 0.25) is 11.8 Å². The molecule has 1 aromatic rings. The number of benzene rings is 1. The van der Waals surface area contributed by atoms with Gasteiger partial charge in [0, 0.05) is 11.3 Å². The number of imide groups is 1. The molecule has 2 aliphatic rings. The van der Waals surface area contributed by atoms with Crippen molar-refractivity contribution >= 4 is 35.2 Å². The second kappa shape index (κ2) is 8.38. The van der Waals surface area contributed by atoms with Crippen LogP contribution in [-0.4, -0.2) is 47.0 Å². The summed E-state index contributed by atoms with van der Waals surface area (Å²) in [5, 5.41) is 2.55. The number of nitrogens with one attached hydrogen (secondary N) is 1. The minimum Gasteiger partial charge on any atom is -0.454 e. The van der Waals surface area contributed by atoms with Crippen LogP contribution in [0, 0.1) is 11.8 Å². The average Bonchev–Trinajstić information content (AvgIpc) is 2.96. The Hall–Kier alpha value is -3.29. The number of anilines is 1. The standard InChI is InChI=1S/C21H22N2O6/c1-12(23-19(26)16-5-3-4-6-17(16)20(23)27)21(28)29-11-18(25)22-15-9-7-14(8-10-15)13(2)24/h3-4,7-10,12,16-17H,5-6,11H2,1-2H3,(H,22,25)/t12-,16+,17+/m0/s1. The Morgan fingerprint density at radius 3 is 2.14 bits per heavy atom. The van der Waals surface area contributed by atoms with Gasteiger partial charge >= 0.3 is 5.97 Å². The summed E-state index contributed by atoms with van der Waals surface area (Å²) in [4.78, 5) is 61.5.